The predicted molar refractivity (Wildman–Crippen MR) is 73.5 cm³/mol. The summed E-state index contributed by atoms with van der Waals surface area (Å²) in [5, 5.41) is 26.0. The molecule has 0 bridgehead atoms. The number of nitrogens with one attached hydrogen (secondary N) is 2. The number of aromatic nitrogens is 2. The molecule has 12 nitrogen and oxygen atoms in total. The molecule has 1 aromatic heterocycles. The second-order valence-electron chi connectivity index (χ2n) is 4.65. The number of nitrogens with zero attached hydrogens (tertiary/aromatic N) is 2. The minimum Gasteiger partial charge on any atom is -0.480 e. The number of hydrogen-bond donors (Lipinski definition) is 6. The van der Waals surface area contributed by atoms with Crippen LogP contribution in [0.5, 0.6) is 0 Å². The van der Waals surface area contributed by atoms with Crippen molar-refractivity contribution in [3.8, 4) is 0 Å². The van der Waals surface area contributed by atoms with Gasteiger partial charge in [-0.05, 0) is 6.92 Å². The van der Waals surface area contributed by atoms with Crippen molar-refractivity contribution in [1.29, 1.82) is 0 Å². The Labute approximate surface area is 130 Å². The molecule has 1 aromatic rings. The lowest BCUT2D eigenvalue weighted by atomic mass is 10.2. The molecule has 0 saturated carbocycles. The fraction of sp³-hybridized carbons (Fsp3) is 0.545. The zero-order valence-electron chi connectivity index (χ0n) is 12.2. The highest BCUT2D eigenvalue weighted by atomic mass is 16.5. The molecule has 1 unspecified atom stereocenters. The molecule has 1 rings (SSSR count). The van der Waals surface area contributed by atoms with Gasteiger partial charge in [0, 0.05) is 0 Å². The summed E-state index contributed by atoms with van der Waals surface area (Å²) in [7, 11) is 0. The number of carboxylic acid groups (broad SMARTS) is 1. The molecule has 0 aromatic carbocycles. The van der Waals surface area contributed by atoms with Gasteiger partial charge in [0.1, 0.15) is 6.04 Å². The molecule has 8 N–H and O–H groups in total. The molecule has 0 fully saturated rings. The summed E-state index contributed by atoms with van der Waals surface area (Å²) >= 11 is 0. The first-order valence-corrected chi connectivity index (χ1v) is 6.53. The van der Waals surface area contributed by atoms with Crippen LogP contribution in [0.4, 0.5) is 4.79 Å². The van der Waals surface area contributed by atoms with Crippen LogP contribution in [-0.4, -0.2) is 50.4 Å². The molecule has 0 aliphatic carbocycles. The number of carboxylic acids is 1. The number of aliphatic hydroxyl groups is 1. The number of amides is 3. The maximum atomic E-state index is 11.8. The van der Waals surface area contributed by atoms with Crippen molar-refractivity contribution in [2.75, 3.05) is 0 Å². The second-order valence-corrected chi connectivity index (χ2v) is 4.65. The predicted octanol–water partition coefficient (Wildman–Crippen LogP) is -2.42. The van der Waals surface area contributed by atoms with Gasteiger partial charge in [-0.1, -0.05) is 5.16 Å². The number of aliphatic hydroxyl groups excluding tert-OH is 1. The molecular formula is C11H18N6O6. The Morgan fingerprint density at radius 1 is 1.35 bits per heavy atom. The topological polar surface area (TPSA) is 207 Å². The van der Waals surface area contributed by atoms with E-state index in [1.807, 2.05) is 5.32 Å². The van der Waals surface area contributed by atoms with Gasteiger partial charge in [0.25, 0.3) is 0 Å². The van der Waals surface area contributed by atoms with Crippen molar-refractivity contribution >= 4 is 17.9 Å². The third kappa shape index (κ3) is 5.52. The Hall–Kier alpha value is -2.73. The average molecular weight is 330 g/mol. The summed E-state index contributed by atoms with van der Waals surface area (Å²) in [6.07, 6.45) is -1.69. The lowest BCUT2D eigenvalue weighted by Gasteiger charge is -2.19. The summed E-state index contributed by atoms with van der Waals surface area (Å²) in [5.74, 6) is -2.13. The maximum absolute atomic E-state index is 11.8. The molecule has 0 spiro atoms. The number of carbonyl (C=O) groups excluding carboxylic acids is 2. The number of aliphatic carboxylic acids is 1. The van der Waals surface area contributed by atoms with Gasteiger partial charge in [-0.2, -0.15) is 4.98 Å². The lowest BCUT2D eigenvalue weighted by molar-refractivity contribution is -0.141. The molecule has 0 saturated heterocycles. The van der Waals surface area contributed by atoms with Crippen LogP contribution in [0.1, 0.15) is 31.1 Å². The van der Waals surface area contributed by atoms with Gasteiger partial charge >= 0.3 is 12.0 Å². The Kier molecular flexibility index (Phi) is 6.41. The molecule has 0 radical (unpaired) electrons. The SMILES string of the molecule is CC(O)[C@H](NC(=O)N[C@H](CC(N)=O)c1nc(CN)no1)C(=O)O. The first kappa shape index (κ1) is 18.3. The van der Waals surface area contributed by atoms with Gasteiger partial charge in [-0.25, -0.2) is 9.59 Å². The van der Waals surface area contributed by atoms with Crippen molar-refractivity contribution in [2.24, 2.45) is 11.5 Å². The summed E-state index contributed by atoms with van der Waals surface area (Å²) < 4.78 is 4.86. The standard InChI is InChI=1S/C11H18N6O6/c1-4(18)8(10(20)21)16-11(22)14-5(2-6(13)19)9-15-7(3-12)17-23-9/h4-5,8,18H,2-3,12H2,1H3,(H2,13,19)(H,20,21)(H2,14,16,22)/t4?,5-,8+/m1/s1. The fourth-order valence-electron chi connectivity index (χ4n) is 1.62. The second kappa shape index (κ2) is 8.05. The van der Waals surface area contributed by atoms with E-state index in [4.69, 9.17) is 21.1 Å². The highest BCUT2D eigenvalue weighted by Crippen LogP contribution is 2.14. The summed E-state index contributed by atoms with van der Waals surface area (Å²) in [4.78, 5) is 37.7. The molecule has 3 amide bonds. The van der Waals surface area contributed by atoms with E-state index < -0.39 is 36.1 Å². The molecule has 3 atom stereocenters. The molecule has 1 heterocycles. The van der Waals surface area contributed by atoms with E-state index in [0.717, 1.165) is 0 Å². The van der Waals surface area contributed by atoms with Crippen LogP contribution in [0.25, 0.3) is 0 Å². The lowest BCUT2D eigenvalue weighted by Crippen LogP contribution is -2.52. The van der Waals surface area contributed by atoms with E-state index in [-0.39, 0.29) is 24.7 Å². The minimum absolute atomic E-state index is 0.0118. The number of primary amides is 1. The highest BCUT2D eigenvalue weighted by Gasteiger charge is 2.28. The Morgan fingerprint density at radius 2 is 2.00 bits per heavy atom. The number of rotatable bonds is 8. The third-order valence-electron chi connectivity index (χ3n) is 2.71. The van der Waals surface area contributed by atoms with Crippen molar-refractivity contribution in [2.45, 2.75) is 38.1 Å². The zero-order valence-corrected chi connectivity index (χ0v) is 12.2. The van der Waals surface area contributed by atoms with Gasteiger partial charge < -0.3 is 36.8 Å². The van der Waals surface area contributed by atoms with Crippen LogP contribution in [0.15, 0.2) is 4.52 Å². The number of urea groups is 1. The van der Waals surface area contributed by atoms with Gasteiger partial charge in [0.15, 0.2) is 11.9 Å². The molecule has 0 aliphatic heterocycles. The number of hydrogen-bond acceptors (Lipinski definition) is 8. The van der Waals surface area contributed by atoms with E-state index in [0.29, 0.717) is 0 Å². The van der Waals surface area contributed by atoms with E-state index in [1.165, 1.54) is 6.92 Å². The molecule has 12 heteroatoms. The van der Waals surface area contributed by atoms with Crippen molar-refractivity contribution in [3.63, 3.8) is 0 Å². The van der Waals surface area contributed by atoms with Crippen LogP contribution in [-0.2, 0) is 16.1 Å². The first-order chi connectivity index (χ1) is 10.7. The molecular weight excluding hydrogens is 312 g/mol. The largest absolute Gasteiger partial charge is 0.480 e. The minimum atomic E-state index is -1.54. The number of carbonyl (C=O) groups is 3. The van der Waals surface area contributed by atoms with Gasteiger partial charge in [0.2, 0.25) is 11.8 Å². The van der Waals surface area contributed by atoms with E-state index in [9.17, 15) is 19.5 Å². The van der Waals surface area contributed by atoms with Crippen LogP contribution in [0.2, 0.25) is 0 Å². The van der Waals surface area contributed by atoms with E-state index >= 15 is 0 Å². The Morgan fingerprint density at radius 3 is 2.43 bits per heavy atom. The average Bonchev–Trinajstić information content (AvgIpc) is 2.91. The Bertz CT molecular complexity index is 573. The van der Waals surface area contributed by atoms with Gasteiger partial charge in [0.05, 0.1) is 19.1 Å². The maximum Gasteiger partial charge on any atom is 0.328 e. The van der Waals surface area contributed by atoms with Gasteiger partial charge in [-0.3, -0.25) is 4.79 Å². The third-order valence-corrected chi connectivity index (χ3v) is 2.71. The normalized spacial score (nSPS) is 14.6. The van der Waals surface area contributed by atoms with Crippen LogP contribution >= 0.6 is 0 Å². The fourth-order valence-corrected chi connectivity index (χ4v) is 1.62. The van der Waals surface area contributed by atoms with Crippen LogP contribution in [0, 0.1) is 0 Å². The molecule has 23 heavy (non-hydrogen) atoms. The van der Waals surface area contributed by atoms with E-state index in [2.05, 4.69) is 15.5 Å². The van der Waals surface area contributed by atoms with Crippen molar-refractivity contribution in [3.05, 3.63) is 11.7 Å². The monoisotopic (exact) mass is 330 g/mol. The van der Waals surface area contributed by atoms with Gasteiger partial charge in [-0.15, -0.1) is 0 Å². The summed E-state index contributed by atoms with van der Waals surface area (Å²) in [5.41, 5.74) is 10.4. The van der Waals surface area contributed by atoms with Crippen molar-refractivity contribution in [1.82, 2.24) is 20.8 Å². The zero-order chi connectivity index (χ0) is 17.6. The smallest absolute Gasteiger partial charge is 0.328 e. The molecule has 128 valence electrons. The summed E-state index contributed by atoms with van der Waals surface area (Å²) in [6, 6.07) is -3.56. The summed E-state index contributed by atoms with van der Waals surface area (Å²) in [6.45, 7) is 1.19. The highest BCUT2D eigenvalue weighted by molar-refractivity contribution is 5.83. The number of nitrogens with two attached hydrogens (primary N) is 2. The van der Waals surface area contributed by atoms with Crippen molar-refractivity contribution < 1.29 is 29.1 Å². The molecule has 0 aliphatic rings. The van der Waals surface area contributed by atoms with Crippen LogP contribution < -0.4 is 22.1 Å². The Balaban J connectivity index is 2.82. The quantitative estimate of drug-likeness (QED) is 0.299. The van der Waals surface area contributed by atoms with Crippen LogP contribution in [0.3, 0.4) is 0 Å². The first-order valence-electron chi connectivity index (χ1n) is 6.53. The van der Waals surface area contributed by atoms with E-state index in [1.54, 1.807) is 0 Å².